The number of aromatic amines is 1. The van der Waals surface area contributed by atoms with E-state index < -0.39 is 5.97 Å². The average Bonchev–Trinajstić information content (AvgIpc) is 2.65. The minimum atomic E-state index is -1.01. The number of hydrogen-bond acceptors (Lipinski definition) is 4. The van der Waals surface area contributed by atoms with E-state index in [2.05, 4.69) is 15.2 Å². The summed E-state index contributed by atoms with van der Waals surface area (Å²) >= 11 is 0. The number of carboxylic acid groups (broad SMARTS) is 1. The van der Waals surface area contributed by atoms with Crippen molar-refractivity contribution in [3.05, 3.63) is 29.8 Å². The van der Waals surface area contributed by atoms with Gasteiger partial charge in [-0.05, 0) is 6.07 Å². The molecule has 0 fully saturated rings. The predicted molar refractivity (Wildman–Crippen MR) is 53.2 cm³/mol. The van der Waals surface area contributed by atoms with Gasteiger partial charge in [0.25, 0.3) is 0 Å². The molecule has 2 aromatic rings. The van der Waals surface area contributed by atoms with Crippen LogP contribution in [0.2, 0.25) is 0 Å². The molecule has 2 rings (SSSR count). The van der Waals surface area contributed by atoms with E-state index in [1.807, 2.05) is 0 Å². The van der Waals surface area contributed by atoms with Gasteiger partial charge < -0.3 is 10.8 Å². The molecule has 1 heterocycles. The van der Waals surface area contributed by atoms with E-state index in [0.29, 0.717) is 11.4 Å². The van der Waals surface area contributed by atoms with E-state index in [4.69, 9.17) is 10.8 Å². The van der Waals surface area contributed by atoms with Gasteiger partial charge in [0, 0.05) is 5.56 Å². The Balaban J connectivity index is 2.57. The van der Waals surface area contributed by atoms with Crippen LogP contribution in [0.1, 0.15) is 10.4 Å². The normalized spacial score (nSPS) is 10.1. The van der Waals surface area contributed by atoms with Crippen LogP contribution in [-0.2, 0) is 0 Å². The molecule has 0 amide bonds. The van der Waals surface area contributed by atoms with Gasteiger partial charge in [-0.25, -0.2) is 4.79 Å². The molecule has 0 bridgehead atoms. The molecular formula is C9H8N4O2. The number of hydrogen-bond donors (Lipinski definition) is 3. The molecule has 76 valence electrons. The Morgan fingerprint density at radius 3 is 2.73 bits per heavy atom. The van der Waals surface area contributed by atoms with Crippen LogP contribution in [0.5, 0.6) is 0 Å². The fraction of sp³-hybridized carbons (Fsp3) is 0. The van der Waals surface area contributed by atoms with Crippen LogP contribution in [0.15, 0.2) is 24.3 Å². The first kappa shape index (κ1) is 9.20. The van der Waals surface area contributed by atoms with E-state index >= 15 is 0 Å². The number of anilines is 1. The quantitative estimate of drug-likeness (QED) is 0.669. The SMILES string of the molecule is Nc1n[nH]c(-c2ccccc2C(=O)O)n1. The average molecular weight is 204 g/mol. The van der Waals surface area contributed by atoms with Gasteiger partial charge in [0.15, 0.2) is 5.82 Å². The molecular weight excluding hydrogens is 196 g/mol. The van der Waals surface area contributed by atoms with Crippen LogP contribution in [-0.4, -0.2) is 26.3 Å². The number of rotatable bonds is 2. The van der Waals surface area contributed by atoms with Gasteiger partial charge in [-0.15, -0.1) is 5.10 Å². The lowest BCUT2D eigenvalue weighted by Crippen LogP contribution is -1.99. The highest BCUT2D eigenvalue weighted by atomic mass is 16.4. The Kier molecular flexibility index (Phi) is 2.09. The second-order valence-electron chi connectivity index (χ2n) is 2.89. The van der Waals surface area contributed by atoms with Crippen molar-refractivity contribution in [2.45, 2.75) is 0 Å². The van der Waals surface area contributed by atoms with Gasteiger partial charge in [-0.1, -0.05) is 18.2 Å². The number of benzene rings is 1. The van der Waals surface area contributed by atoms with Crippen molar-refractivity contribution in [1.82, 2.24) is 15.2 Å². The van der Waals surface area contributed by atoms with E-state index in [-0.39, 0.29) is 11.5 Å². The van der Waals surface area contributed by atoms with Crippen LogP contribution in [0, 0.1) is 0 Å². The molecule has 6 nitrogen and oxygen atoms in total. The van der Waals surface area contributed by atoms with E-state index in [9.17, 15) is 4.79 Å². The highest BCUT2D eigenvalue weighted by Gasteiger charge is 2.13. The number of aromatic carboxylic acids is 1. The summed E-state index contributed by atoms with van der Waals surface area (Å²) in [6.45, 7) is 0. The molecule has 0 aliphatic carbocycles. The molecule has 0 radical (unpaired) electrons. The van der Waals surface area contributed by atoms with Crippen LogP contribution in [0.4, 0.5) is 5.95 Å². The Bertz CT molecular complexity index is 506. The van der Waals surface area contributed by atoms with Gasteiger partial charge >= 0.3 is 5.97 Å². The monoisotopic (exact) mass is 204 g/mol. The number of nitrogens with one attached hydrogen (secondary N) is 1. The Labute approximate surface area is 84.8 Å². The number of aromatic nitrogens is 3. The maximum absolute atomic E-state index is 10.9. The maximum atomic E-state index is 10.9. The molecule has 0 aliphatic heterocycles. The molecule has 0 unspecified atom stereocenters. The zero-order valence-electron chi connectivity index (χ0n) is 7.64. The summed E-state index contributed by atoms with van der Waals surface area (Å²) < 4.78 is 0. The van der Waals surface area contributed by atoms with Crippen molar-refractivity contribution in [3.8, 4) is 11.4 Å². The lowest BCUT2D eigenvalue weighted by molar-refractivity contribution is 0.0697. The molecule has 0 spiro atoms. The lowest BCUT2D eigenvalue weighted by atomic mass is 10.1. The van der Waals surface area contributed by atoms with Crippen LogP contribution < -0.4 is 5.73 Å². The minimum absolute atomic E-state index is 0.0881. The number of H-pyrrole nitrogens is 1. The first-order valence-electron chi connectivity index (χ1n) is 4.19. The second-order valence-corrected chi connectivity index (χ2v) is 2.89. The molecule has 0 saturated heterocycles. The summed E-state index contributed by atoms with van der Waals surface area (Å²) in [4.78, 5) is 14.8. The third-order valence-electron chi connectivity index (χ3n) is 1.92. The largest absolute Gasteiger partial charge is 0.478 e. The number of carbonyl (C=O) groups is 1. The second kappa shape index (κ2) is 3.41. The van der Waals surface area contributed by atoms with Gasteiger partial charge in [0.05, 0.1) is 5.56 Å². The smallest absolute Gasteiger partial charge is 0.336 e. The summed E-state index contributed by atoms with van der Waals surface area (Å²) in [5, 5.41) is 15.2. The third-order valence-corrected chi connectivity index (χ3v) is 1.92. The van der Waals surface area contributed by atoms with Gasteiger partial charge in [-0.2, -0.15) is 4.98 Å². The number of nitrogens with zero attached hydrogens (tertiary/aromatic N) is 2. The van der Waals surface area contributed by atoms with Crippen molar-refractivity contribution in [1.29, 1.82) is 0 Å². The van der Waals surface area contributed by atoms with E-state index in [0.717, 1.165) is 0 Å². The summed E-state index contributed by atoms with van der Waals surface area (Å²) in [5.41, 5.74) is 5.97. The summed E-state index contributed by atoms with van der Waals surface area (Å²) in [6.07, 6.45) is 0. The molecule has 15 heavy (non-hydrogen) atoms. The number of carboxylic acids is 1. The van der Waals surface area contributed by atoms with Gasteiger partial charge in [0.1, 0.15) is 0 Å². The lowest BCUT2D eigenvalue weighted by Gasteiger charge is -2.00. The van der Waals surface area contributed by atoms with Crippen LogP contribution in [0.25, 0.3) is 11.4 Å². The topological polar surface area (TPSA) is 105 Å². The third kappa shape index (κ3) is 1.64. The van der Waals surface area contributed by atoms with Gasteiger partial charge in [-0.3, -0.25) is 5.10 Å². The molecule has 0 saturated carbocycles. The molecule has 6 heteroatoms. The highest BCUT2D eigenvalue weighted by Crippen LogP contribution is 2.20. The molecule has 0 aliphatic rings. The highest BCUT2D eigenvalue weighted by molar-refractivity contribution is 5.94. The summed E-state index contributed by atoms with van der Waals surface area (Å²) in [7, 11) is 0. The Morgan fingerprint density at radius 1 is 1.40 bits per heavy atom. The zero-order valence-corrected chi connectivity index (χ0v) is 7.64. The maximum Gasteiger partial charge on any atom is 0.336 e. The molecule has 1 aromatic carbocycles. The first-order chi connectivity index (χ1) is 7.18. The van der Waals surface area contributed by atoms with Gasteiger partial charge in [0.2, 0.25) is 5.95 Å². The van der Waals surface area contributed by atoms with E-state index in [1.165, 1.54) is 6.07 Å². The van der Waals surface area contributed by atoms with Crippen LogP contribution >= 0.6 is 0 Å². The van der Waals surface area contributed by atoms with E-state index in [1.54, 1.807) is 18.2 Å². The molecule has 4 N–H and O–H groups in total. The van der Waals surface area contributed by atoms with Crippen molar-refractivity contribution < 1.29 is 9.90 Å². The standard InChI is InChI=1S/C9H8N4O2/c10-9-11-7(12-13-9)5-3-1-2-4-6(5)8(14)15/h1-4H,(H,14,15)(H3,10,11,12,13). The minimum Gasteiger partial charge on any atom is -0.478 e. The molecule has 1 aromatic heterocycles. The first-order valence-corrected chi connectivity index (χ1v) is 4.19. The number of nitrogens with two attached hydrogens (primary N) is 1. The fourth-order valence-electron chi connectivity index (χ4n) is 1.27. The fourth-order valence-corrected chi connectivity index (χ4v) is 1.27. The van der Waals surface area contributed by atoms with Crippen molar-refractivity contribution in [3.63, 3.8) is 0 Å². The van der Waals surface area contributed by atoms with Crippen LogP contribution in [0.3, 0.4) is 0 Å². The van der Waals surface area contributed by atoms with Crippen molar-refractivity contribution in [2.75, 3.05) is 5.73 Å². The number of nitrogen functional groups attached to an aromatic ring is 1. The van der Waals surface area contributed by atoms with Crippen molar-refractivity contribution in [2.24, 2.45) is 0 Å². The summed E-state index contributed by atoms with van der Waals surface area (Å²) in [6, 6.07) is 6.51. The van der Waals surface area contributed by atoms with Crippen molar-refractivity contribution >= 4 is 11.9 Å². The molecule has 0 atom stereocenters. The Morgan fingerprint density at radius 2 is 2.13 bits per heavy atom. The Hall–Kier alpha value is -2.37. The zero-order chi connectivity index (χ0) is 10.8. The summed E-state index contributed by atoms with van der Waals surface area (Å²) in [5.74, 6) is -0.573. The predicted octanol–water partition coefficient (Wildman–Crippen LogP) is 0.752.